The summed E-state index contributed by atoms with van der Waals surface area (Å²) in [6.07, 6.45) is 2.64. The first-order valence-electron chi connectivity index (χ1n) is 7.16. The van der Waals surface area contributed by atoms with Crippen LogP contribution in [0.3, 0.4) is 0 Å². The molecule has 0 aliphatic heterocycles. The maximum atomic E-state index is 4.70. The molecule has 4 heteroatoms. The molecule has 0 heterocycles. The minimum absolute atomic E-state index is 0.755. The Labute approximate surface area is 120 Å². The van der Waals surface area contributed by atoms with Crippen LogP contribution in [0.5, 0.6) is 0 Å². The highest BCUT2D eigenvalue weighted by molar-refractivity contribution is 6.74. The average Bonchev–Trinajstić information content (AvgIpc) is 3.31. The van der Waals surface area contributed by atoms with E-state index in [1.807, 2.05) is 21.2 Å². The quantitative estimate of drug-likeness (QED) is 0.385. The predicted molar refractivity (Wildman–Crippen MR) is 86.8 cm³/mol. The second-order valence-corrected chi connectivity index (χ2v) is 5.15. The van der Waals surface area contributed by atoms with Crippen molar-refractivity contribution in [1.82, 2.24) is 10.9 Å². The Morgan fingerprint density at radius 2 is 1.90 bits per heavy atom. The van der Waals surface area contributed by atoms with Crippen molar-refractivity contribution in [2.75, 3.05) is 7.05 Å². The number of nitrogens with one attached hydrogen (secondary N) is 2. The van der Waals surface area contributed by atoms with Gasteiger partial charge < -0.3 is 5.43 Å². The van der Waals surface area contributed by atoms with Crippen molar-refractivity contribution in [3.8, 4) is 0 Å². The lowest BCUT2D eigenvalue weighted by Crippen LogP contribution is -2.36. The van der Waals surface area contributed by atoms with Crippen LogP contribution in [0.1, 0.15) is 24.3 Å². The summed E-state index contributed by atoms with van der Waals surface area (Å²) >= 11 is 0. The van der Waals surface area contributed by atoms with E-state index in [1.54, 1.807) is 0 Å². The van der Waals surface area contributed by atoms with E-state index >= 15 is 0 Å². The van der Waals surface area contributed by atoms with E-state index in [9.17, 15) is 0 Å². The molecule has 0 unspecified atom stereocenters. The van der Waals surface area contributed by atoms with Gasteiger partial charge in [-0.1, -0.05) is 37.2 Å². The maximum Gasteiger partial charge on any atom is 0.199 e. The van der Waals surface area contributed by atoms with Gasteiger partial charge in [0.2, 0.25) is 0 Å². The number of amidine groups is 1. The second kappa shape index (κ2) is 5.67. The van der Waals surface area contributed by atoms with Gasteiger partial charge in [0.1, 0.15) is 0 Å². The first-order chi connectivity index (χ1) is 9.83. The van der Waals surface area contributed by atoms with Gasteiger partial charge in [-0.05, 0) is 35.8 Å². The van der Waals surface area contributed by atoms with Crippen molar-refractivity contribution in [3.63, 3.8) is 0 Å². The Balaban J connectivity index is 2.10. The van der Waals surface area contributed by atoms with Crippen LogP contribution in [0.2, 0.25) is 6.82 Å². The van der Waals surface area contributed by atoms with Gasteiger partial charge in [-0.25, -0.2) is 10.4 Å². The fraction of sp³-hybridized carbons (Fsp3) is 0.312. The van der Waals surface area contributed by atoms with Crippen molar-refractivity contribution in [1.29, 1.82) is 0 Å². The molecule has 101 valence electrons. The Bertz CT molecular complexity index is 647. The van der Waals surface area contributed by atoms with Crippen molar-refractivity contribution in [2.24, 2.45) is 4.99 Å². The van der Waals surface area contributed by atoms with Gasteiger partial charge in [0.15, 0.2) is 7.28 Å². The van der Waals surface area contributed by atoms with Gasteiger partial charge in [-0.2, -0.15) is 0 Å². The number of hydrogen-bond donors (Lipinski definition) is 2. The number of hydrogen-bond acceptors (Lipinski definition) is 2. The molecule has 0 saturated heterocycles. The standard InChI is InChI=1S/C16H19BN3/c1-17-16(20-18-2)19-15-10-9-12(11-7-8-11)13-5-3-4-6-14(13)15/h3-6,9-11,18H,7-8H2,1-2H3,(H,19,20). The molecule has 20 heavy (non-hydrogen) atoms. The third-order valence-electron chi connectivity index (χ3n) is 3.72. The van der Waals surface area contributed by atoms with Crippen LogP contribution in [-0.2, 0) is 0 Å². The van der Waals surface area contributed by atoms with Crippen molar-refractivity contribution in [3.05, 3.63) is 42.0 Å². The van der Waals surface area contributed by atoms with Crippen molar-refractivity contribution < 1.29 is 0 Å². The molecule has 2 N–H and O–H groups in total. The smallest absolute Gasteiger partial charge is 0.199 e. The average molecular weight is 264 g/mol. The minimum atomic E-state index is 0.755. The highest BCUT2D eigenvalue weighted by atomic mass is 15.4. The fourth-order valence-electron chi connectivity index (χ4n) is 2.58. The lowest BCUT2D eigenvalue weighted by Gasteiger charge is -2.10. The van der Waals surface area contributed by atoms with E-state index in [-0.39, 0.29) is 0 Å². The SMILES string of the molecule is C[B]C(=Nc1ccc(C2CC2)c2ccccc12)NNC. The monoisotopic (exact) mass is 264 g/mol. The summed E-state index contributed by atoms with van der Waals surface area (Å²) in [4.78, 5) is 4.70. The van der Waals surface area contributed by atoms with Gasteiger partial charge >= 0.3 is 0 Å². The van der Waals surface area contributed by atoms with Crippen molar-refractivity contribution >= 4 is 29.5 Å². The number of benzene rings is 2. The molecule has 0 atom stereocenters. The van der Waals surface area contributed by atoms with Crippen LogP contribution in [0.25, 0.3) is 10.8 Å². The molecule has 0 aromatic heterocycles. The molecule has 3 rings (SSSR count). The second-order valence-electron chi connectivity index (χ2n) is 5.15. The molecule has 3 nitrogen and oxygen atoms in total. The Hall–Kier alpha value is -1.81. The van der Waals surface area contributed by atoms with Crippen LogP contribution in [0.15, 0.2) is 41.4 Å². The zero-order valence-electron chi connectivity index (χ0n) is 12.0. The van der Waals surface area contributed by atoms with Gasteiger partial charge in [-0.3, -0.25) is 0 Å². The molecule has 1 aliphatic rings. The molecule has 0 spiro atoms. The summed E-state index contributed by atoms with van der Waals surface area (Å²) in [5, 5.41) is 2.57. The Morgan fingerprint density at radius 3 is 2.55 bits per heavy atom. The van der Waals surface area contributed by atoms with E-state index in [0.29, 0.717) is 0 Å². The van der Waals surface area contributed by atoms with E-state index < -0.39 is 0 Å². The lowest BCUT2D eigenvalue weighted by molar-refractivity contribution is 0.776. The number of nitrogens with zero attached hydrogens (tertiary/aromatic N) is 1. The molecule has 0 amide bonds. The maximum absolute atomic E-state index is 4.70. The first-order valence-corrected chi connectivity index (χ1v) is 7.16. The van der Waals surface area contributed by atoms with Crippen LogP contribution >= 0.6 is 0 Å². The summed E-state index contributed by atoms with van der Waals surface area (Å²) in [6.45, 7) is 1.98. The first kappa shape index (κ1) is 13.2. The highest BCUT2D eigenvalue weighted by Gasteiger charge is 2.25. The minimum Gasteiger partial charge on any atom is -0.318 e. The van der Waals surface area contributed by atoms with E-state index in [2.05, 4.69) is 47.2 Å². The normalized spacial score (nSPS) is 15.4. The highest BCUT2D eigenvalue weighted by Crippen LogP contribution is 2.44. The van der Waals surface area contributed by atoms with Crippen molar-refractivity contribution in [2.45, 2.75) is 25.6 Å². The summed E-state index contributed by atoms with van der Waals surface area (Å²) in [7, 11) is 3.80. The Kier molecular flexibility index (Phi) is 3.74. The zero-order chi connectivity index (χ0) is 13.9. The molecule has 1 fully saturated rings. The zero-order valence-corrected chi connectivity index (χ0v) is 12.0. The molecule has 1 saturated carbocycles. The number of rotatable bonds is 4. The van der Waals surface area contributed by atoms with Gasteiger partial charge in [-0.15, -0.1) is 0 Å². The summed E-state index contributed by atoms with van der Waals surface area (Å²) < 4.78 is 0. The largest absolute Gasteiger partial charge is 0.318 e. The van der Waals surface area contributed by atoms with E-state index in [4.69, 9.17) is 4.99 Å². The Morgan fingerprint density at radius 1 is 1.15 bits per heavy atom. The fourth-order valence-corrected chi connectivity index (χ4v) is 2.58. The van der Waals surface area contributed by atoms with Crippen LogP contribution in [0.4, 0.5) is 5.69 Å². The van der Waals surface area contributed by atoms with Crippen LogP contribution < -0.4 is 10.9 Å². The topological polar surface area (TPSA) is 36.4 Å². The van der Waals surface area contributed by atoms with Gasteiger partial charge in [0, 0.05) is 12.4 Å². The lowest BCUT2D eigenvalue weighted by atomic mass is 9.81. The van der Waals surface area contributed by atoms with E-state index in [1.165, 1.54) is 29.2 Å². The number of hydrazine groups is 1. The molecule has 2 aromatic carbocycles. The number of aliphatic imine (C=N–C) groups is 1. The third-order valence-corrected chi connectivity index (χ3v) is 3.72. The van der Waals surface area contributed by atoms with Crippen LogP contribution in [-0.4, -0.2) is 20.1 Å². The predicted octanol–water partition coefficient (Wildman–Crippen LogP) is 3.18. The molecular weight excluding hydrogens is 245 g/mol. The van der Waals surface area contributed by atoms with Gasteiger partial charge in [0.05, 0.1) is 11.4 Å². The summed E-state index contributed by atoms with van der Waals surface area (Å²) in [5.74, 6) is 0.755. The van der Waals surface area contributed by atoms with Gasteiger partial charge in [0.25, 0.3) is 0 Å². The molecule has 1 radical (unpaired) electrons. The molecular formula is C16H19BN3. The number of fused-ring (bicyclic) bond motifs is 1. The summed E-state index contributed by atoms with van der Waals surface area (Å²) in [5.41, 5.74) is 9.27. The molecule has 2 aromatic rings. The third kappa shape index (κ3) is 2.56. The van der Waals surface area contributed by atoms with Crippen LogP contribution in [0, 0.1) is 0 Å². The molecule has 1 aliphatic carbocycles. The summed E-state index contributed by atoms with van der Waals surface area (Å²) in [6, 6.07) is 12.9. The molecule has 0 bridgehead atoms. The van der Waals surface area contributed by atoms with E-state index in [0.717, 1.165) is 17.3 Å².